The smallest absolute Gasteiger partial charge is 0.356 e. The molecule has 0 radical (unpaired) electrons. The monoisotopic (exact) mass is 317 g/mol. The highest BCUT2D eigenvalue weighted by molar-refractivity contribution is 8.03. The van der Waals surface area contributed by atoms with E-state index in [2.05, 4.69) is 0 Å². The first kappa shape index (κ1) is 15.2. The summed E-state index contributed by atoms with van der Waals surface area (Å²) in [6.07, 6.45) is 1.25. The van der Waals surface area contributed by atoms with Crippen LogP contribution in [0.5, 0.6) is 0 Å². The number of ether oxygens (including phenoxy) is 1. The first-order valence-electron chi connectivity index (χ1n) is 7.36. The molecule has 2 heterocycles. The van der Waals surface area contributed by atoms with Crippen LogP contribution < -0.4 is 0 Å². The normalized spacial score (nSPS) is 20.8. The fraction of sp³-hybridized carbons (Fsp3) is 0.412. The van der Waals surface area contributed by atoms with E-state index in [9.17, 15) is 9.59 Å². The number of hydrogen-bond acceptors (Lipinski definition) is 4. The summed E-state index contributed by atoms with van der Waals surface area (Å²) in [6, 6.07) is 10.0. The van der Waals surface area contributed by atoms with Crippen LogP contribution in [-0.2, 0) is 14.3 Å². The average Bonchev–Trinajstić information content (AvgIpc) is 2.70. The SMILES string of the molecule is CC(C)(C)OC(=O)C1=C(Sc2ccccc2)CC2CC(=O)N12. The van der Waals surface area contributed by atoms with Crippen molar-refractivity contribution in [3.8, 4) is 0 Å². The van der Waals surface area contributed by atoms with E-state index < -0.39 is 11.6 Å². The molecule has 1 aromatic rings. The van der Waals surface area contributed by atoms with Crippen molar-refractivity contribution in [2.45, 2.75) is 50.2 Å². The van der Waals surface area contributed by atoms with E-state index in [0.29, 0.717) is 12.1 Å². The Labute approximate surface area is 134 Å². The quantitative estimate of drug-likeness (QED) is 0.634. The first-order valence-corrected chi connectivity index (χ1v) is 8.18. The zero-order valence-corrected chi connectivity index (χ0v) is 13.8. The molecule has 2 aliphatic heterocycles. The van der Waals surface area contributed by atoms with Gasteiger partial charge in [-0.3, -0.25) is 4.79 Å². The highest BCUT2D eigenvalue weighted by Crippen LogP contribution is 2.45. The number of fused-ring (bicyclic) bond motifs is 1. The molecule has 5 heteroatoms. The predicted octanol–water partition coefficient (Wildman–Crippen LogP) is 3.34. The molecule has 3 rings (SSSR count). The summed E-state index contributed by atoms with van der Waals surface area (Å²) in [4.78, 5) is 28.0. The summed E-state index contributed by atoms with van der Waals surface area (Å²) in [5.74, 6) is -0.393. The summed E-state index contributed by atoms with van der Waals surface area (Å²) >= 11 is 1.55. The van der Waals surface area contributed by atoms with Gasteiger partial charge in [0.25, 0.3) is 0 Å². The highest BCUT2D eigenvalue weighted by atomic mass is 32.2. The van der Waals surface area contributed by atoms with Crippen molar-refractivity contribution in [3.63, 3.8) is 0 Å². The minimum atomic E-state index is -0.571. The second-order valence-corrected chi connectivity index (χ2v) is 7.68. The number of nitrogens with zero attached hydrogens (tertiary/aromatic N) is 1. The molecule has 1 unspecified atom stereocenters. The first-order chi connectivity index (χ1) is 10.3. The summed E-state index contributed by atoms with van der Waals surface area (Å²) < 4.78 is 5.49. The molecule has 0 saturated carbocycles. The second-order valence-electron chi connectivity index (χ2n) is 6.51. The molecule has 1 saturated heterocycles. The Bertz CT molecular complexity index is 646. The van der Waals surface area contributed by atoms with Crippen molar-refractivity contribution >= 4 is 23.6 Å². The van der Waals surface area contributed by atoms with Crippen LogP contribution in [0, 0.1) is 0 Å². The lowest BCUT2D eigenvalue weighted by molar-refractivity contribution is -0.157. The van der Waals surface area contributed by atoms with Gasteiger partial charge < -0.3 is 9.64 Å². The zero-order valence-electron chi connectivity index (χ0n) is 13.0. The fourth-order valence-electron chi connectivity index (χ4n) is 2.66. The molecule has 4 nitrogen and oxygen atoms in total. The maximum atomic E-state index is 12.5. The van der Waals surface area contributed by atoms with Gasteiger partial charge in [0.15, 0.2) is 0 Å². The van der Waals surface area contributed by atoms with Crippen molar-refractivity contribution in [1.82, 2.24) is 4.90 Å². The van der Waals surface area contributed by atoms with Gasteiger partial charge in [0, 0.05) is 22.6 Å². The summed E-state index contributed by atoms with van der Waals surface area (Å²) in [5.41, 5.74) is -0.136. The van der Waals surface area contributed by atoms with Gasteiger partial charge in [-0.1, -0.05) is 30.0 Å². The molecule has 1 atom stereocenters. The van der Waals surface area contributed by atoms with Gasteiger partial charge in [-0.25, -0.2) is 4.79 Å². The van der Waals surface area contributed by atoms with E-state index in [0.717, 1.165) is 16.2 Å². The van der Waals surface area contributed by atoms with Gasteiger partial charge in [-0.2, -0.15) is 0 Å². The van der Waals surface area contributed by atoms with Crippen LogP contribution in [-0.4, -0.2) is 28.4 Å². The third-order valence-corrected chi connectivity index (χ3v) is 4.66. The Kier molecular flexibility index (Phi) is 3.77. The molecule has 1 fully saturated rings. The van der Waals surface area contributed by atoms with Gasteiger partial charge in [0.2, 0.25) is 5.91 Å². The van der Waals surface area contributed by atoms with E-state index in [1.165, 1.54) is 0 Å². The Morgan fingerprint density at radius 2 is 1.91 bits per heavy atom. The fourth-order valence-corrected chi connectivity index (χ4v) is 3.79. The molecule has 1 amide bonds. The van der Waals surface area contributed by atoms with Crippen molar-refractivity contribution in [2.75, 3.05) is 0 Å². The summed E-state index contributed by atoms with van der Waals surface area (Å²) in [5, 5.41) is 0. The van der Waals surface area contributed by atoms with E-state index in [-0.39, 0.29) is 11.9 Å². The Morgan fingerprint density at radius 3 is 2.50 bits per heavy atom. The number of carbonyl (C=O) groups is 2. The van der Waals surface area contributed by atoms with Gasteiger partial charge in [0.05, 0.1) is 6.04 Å². The Morgan fingerprint density at radius 1 is 1.23 bits per heavy atom. The third kappa shape index (κ3) is 2.90. The van der Waals surface area contributed by atoms with Gasteiger partial charge in [-0.15, -0.1) is 0 Å². The second kappa shape index (κ2) is 5.47. The van der Waals surface area contributed by atoms with Crippen LogP contribution in [0.25, 0.3) is 0 Å². The number of esters is 1. The van der Waals surface area contributed by atoms with Gasteiger partial charge in [0.1, 0.15) is 11.3 Å². The molecule has 0 N–H and O–H groups in total. The molecular formula is C17H19NO3S. The number of β-lactam (4-membered cyclic amide) rings is 1. The van der Waals surface area contributed by atoms with Crippen LogP contribution in [0.2, 0.25) is 0 Å². The Balaban J connectivity index is 1.89. The molecule has 0 aromatic heterocycles. The third-order valence-electron chi connectivity index (χ3n) is 3.55. The minimum Gasteiger partial charge on any atom is -0.455 e. The van der Waals surface area contributed by atoms with E-state index in [4.69, 9.17) is 4.74 Å². The molecule has 1 aromatic carbocycles. The lowest BCUT2D eigenvalue weighted by Crippen LogP contribution is -2.50. The van der Waals surface area contributed by atoms with E-state index >= 15 is 0 Å². The minimum absolute atomic E-state index is 0.00882. The molecule has 116 valence electrons. The molecular weight excluding hydrogens is 298 g/mol. The number of amides is 1. The summed E-state index contributed by atoms with van der Waals surface area (Å²) in [7, 11) is 0. The molecule has 2 aliphatic rings. The number of rotatable bonds is 3. The predicted molar refractivity (Wildman–Crippen MR) is 85.0 cm³/mol. The molecule has 0 spiro atoms. The molecule has 22 heavy (non-hydrogen) atoms. The topological polar surface area (TPSA) is 46.6 Å². The lowest BCUT2D eigenvalue weighted by Gasteiger charge is -2.36. The number of benzene rings is 1. The number of hydrogen-bond donors (Lipinski definition) is 0. The lowest BCUT2D eigenvalue weighted by atomic mass is 10.0. The molecule has 0 bridgehead atoms. The van der Waals surface area contributed by atoms with Gasteiger partial charge in [-0.05, 0) is 32.9 Å². The van der Waals surface area contributed by atoms with Crippen LogP contribution in [0.4, 0.5) is 0 Å². The standard InChI is InChI=1S/C17H19NO3S/c1-17(2,3)21-16(20)15-13(9-11-10-14(19)18(11)15)22-12-7-5-4-6-8-12/h4-8,11H,9-10H2,1-3H3. The van der Waals surface area contributed by atoms with Crippen molar-refractivity contribution in [2.24, 2.45) is 0 Å². The van der Waals surface area contributed by atoms with Crippen LogP contribution in [0.15, 0.2) is 45.8 Å². The zero-order chi connectivity index (χ0) is 15.9. The van der Waals surface area contributed by atoms with Crippen molar-refractivity contribution in [3.05, 3.63) is 40.9 Å². The number of thioether (sulfide) groups is 1. The van der Waals surface area contributed by atoms with Crippen LogP contribution in [0.3, 0.4) is 0 Å². The van der Waals surface area contributed by atoms with E-state index in [1.54, 1.807) is 16.7 Å². The summed E-state index contributed by atoms with van der Waals surface area (Å²) in [6.45, 7) is 5.50. The average molecular weight is 317 g/mol. The highest BCUT2D eigenvalue weighted by Gasteiger charge is 2.48. The van der Waals surface area contributed by atoms with Crippen molar-refractivity contribution in [1.29, 1.82) is 0 Å². The number of carbonyl (C=O) groups excluding carboxylic acids is 2. The van der Waals surface area contributed by atoms with E-state index in [1.807, 2.05) is 51.1 Å². The Hall–Kier alpha value is -1.75. The largest absolute Gasteiger partial charge is 0.455 e. The maximum Gasteiger partial charge on any atom is 0.356 e. The van der Waals surface area contributed by atoms with Gasteiger partial charge >= 0.3 is 5.97 Å². The molecule has 0 aliphatic carbocycles. The maximum absolute atomic E-state index is 12.5. The van der Waals surface area contributed by atoms with Crippen molar-refractivity contribution < 1.29 is 14.3 Å². The van der Waals surface area contributed by atoms with Crippen LogP contribution >= 0.6 is 11.8 Å². The van der Waals surface area contributed by atoms with Crippen LogP contribution in [0.1, 0.15) is 33.6 Å².